The molecule has 5 nitrogen and oxygen atoms in total. The first kappa shape index (κ1) is 13.9. The Morgan fingerprint density at radius 1 is 1.29 bits per heavy atom. The van der Waals surface area contributed by atoms with Crippen molar-refractivity contribution in [3.63, 3.8) is 0 Å². The highest BCUT2D eigenvalue weighted by molar-refractivity contribution is 5.88. The highest BCUT2D eigenvalue weighted by atomic mass is 16.5. The molecule has 21 heavy (non-hydrogen) atoms. The Hall–Kier alpha value is -2.01. The highest BCUT2D eigenvalue weighted by Gasteiger charge is 2.20. The molecule has 0 bridgehead atoms. The summed E-state index contributed by atoms with van der Waals surface area (Å²) >= 11 is 0. The minimum Gasteiger partial charge on any atom is -0.497 e. The molecule has 112 valence electrons. The standard InChI is InChI=1S/C16H20N2O3/c1-17-5-7-18(8-6-17)16(19)9-12-11-21-15-10-13(20-2)3-4-14(12)15/h3-4,10-11H,5-9H2,1-2H3. The van der Waals surface area contributed by atoms with Crippen LogP contribution in [0.3, 0.4) is 0 Å². The van der Waals surface area contributed by atoms with Gasteiger partial charge in [0.1, 0.15) is 11.3 Å². The average Bonchev–Trinajstić information content (AvgIpc) is 2.90. The normalized spacial score (nSPS) is 16.4. The number of carbonyl (C=O) groups excluding carboxylic acids is 1. The van der Waals surface area contributed by atoms with Gasteiger partial charge in [-0.2, -0.15) is 0 Å². The van der Waals surface area contributed by atoms with Crippen LogP contribution in [0.5, 0.6) is 5.75 Å². The maximum Gasteiger partial charge on any atom is 0.227 e. The monoisotopic (exact) mass is 288 g/mol. The summed E-state index contributed by atoms with van der Waals surface area (Å²) < 4.78 is 10.7. The van der Waals surface area contributed by atoms with Gasteiger partial charge in [0.15, 0.2) is 0 Å². The number of piperazine rings is 1. The number of amides is 1. The predicted molar refractivity (Wildman–Crippen MR) is 80.5 cm³/mol. The fourth-order valence-electron chi connectivity index (χ4n) is 2.66. The predicted octanol–water partition coefficient (Wildman–Crippen LogP) is 1.76. The molecule has 5 heteroatoms. The molecular formula is C16H20N2O3. The Morgan fingerprint density at radius 2 is 2.05 bits per heavy atom. The van der Waals surface area contributed by atoms with Crippen LogP contribution in [0.4, 0.5) is 0 Å². The smallest absolute Gasteiger partial charge is 0.227 e. The van der Waals surface area contributed by atoms with Crippen molar-refractivity contribution in [2.75, 3.05) is 40.3 Å². The summed E-state index contributed by atoms with van der Waals surface area (Å²) in [5, 5.41) is 0.985. The van der Waals surface area contributed by atoms with Gasteiger partial charge in [0.2, 0.25) is 5.91 Å². The third kappa shape index (κ3) is 2.88. The summed E-state index contributed by atoms with van der Waals surface area (Å²) in [6.45, 7) is 3.49. The number of furan rings is 1. The average molecular weight is 288 g/mol. The molecule has 1 aliphatic heterocycles. The second-order valence-corrected chi connectivity index (χ2v) is 5.48. The van der Waals surface area contributed by atoms with Crippen LogP contribution in [-0.4, -0.2) is 56.0 Å². The Balaban J connectivity index is 1.74. The third-order valence-corrected chi connectivity index (χ3v) is 4.06. The molecule has 0 atom stereocenters. The number of likely N-dealkylation sites (N-methyl/N-ethyl adjacent to an activating group) is 1. The van der Waals surface area contributed by atoms with Crippen molar-refractivity contribution in [1.82, 2.24) is 9.80 Å². The second kappa shape index (κ2) is 5.77. The molecule has 1 aromatic heterocycles. The van der Waals surface area contributed by atoms with Gasteiger partial charge in [-0.1, -0.05) is 0 Å². The molecule has 1 saturated heterocycles. The van der Waals surface area contributed by atoms with E-state index in [9.17, 15) is 4.79 Å². The van der Waals surface area contributed by atoms with E-state index in [1.165, 1.54) is 0 Å². The van der Waals surface area contributed by atoms with Gasteiger partial charge in [0, 0.05) is 43.2 Å². The Morgan fingerprint density at radius 3 is 2.76 bits per heavy atom. The maximum atomic E-state index is 12.4. The number of ether oxygens (including phenoxy) is 1. The summed E-state index contributed by atoms with van der Waals surface area (Å²) in [4.78, 5) is 16.6. The number of hydrogen-bond donors (Lipinski definition) is 0. The minimum atomic E-state index is 0.168. The molecule has 0 N–H and O–H groups in total. The Bertz CT molecular complexity index is 642. The maximum absolute atomic E-state index is 12.4. The highest BCUT2D eigenvalue weighted by Crippen LogP contribution is 2.26. The Kier molecular flexibility index (Phi) is 3.84. The van der Waals surface area contributed by atoms with Crippen LogP contribution in [0.2, 0.25) is 0 Å². The first-order chi connectivity index (χ1) is 10.2. The van der Waals surface area contributed by atoms with Crippen LogP contribution in [0.15, 0.2) is 28.9 Å². The molecule has 1 aromatic carbocycles. The van der Waals surface area contributed by atoms with Crippen molar-refractivity contribution in [3.05, 3.63) is 30.0 Å². The van der Waals surface area contributed by atoms with Crippen LogP contribution < -0.4 is 4.74 Å². The quantitative estimate of drug-likeness (QED) is 0.863. The van der Waals surface area contributed by atoms with E-state index in [1.54, 1.807) is 13.4 Å². The van der Waals surface area contributed by atoms with Crippen LogP contribution in [0.1, 0.15) is 5.56 Å². The number of fused-ring (bicyclic) bond motifs is 1. The molecule has 2 aromatic rings. The van der Waals surface area contributed by atoms with Gasteiger partial charge >= 0.3 is 0 Å². The molecule has 0 unspecified atom stereocenters. The van der Waals surface area contributed by atoms with Gasteiger partial charge < -0.3 is 19.0 Å². The third-order valence-electron chi connectivity index (χ3n) is 4.06. The number of carbonyl (C=O) groups is 1. The van der Waals surface area contributed by atoms with Gasteiger partial charge in [0.25, 0.3) is 0 Å². The molecule has 1 aliphatic rings. The molecule has 0 aliphatic carbocycles. The van der Waals surface area contributed by atoms with Gasteiger partial charge in [-0.15, -0.1) is 0 Å². The first-order valence-corrected chi connectivity index (χ1v) is 7.18. The van der Waals surface area contributed by atoms with Gasteiger partial charge in [-0.25, -0.2) is 0 Å². The SMILES string of the molecule is COc1ccc2c(CC(=O)N3CCN(C)CC3)coc2c1. The zero-order chi connectivity index (χ0) is 14.8. The molecule has 1 amide bonds. The van der Waals surface area contributed by atoms with Crippen molar-refractivity contribution >= 4 is 16.9 Å². The number of nitrogens with zero attached hydrogens (tertiary/aromatic N) is 2. The van der Waals surface area contributed by atoms with Crippen LogP contribution in [-0.2, 0) is 11.2 Å². The van der Waals surface area contributed by atoms with Gasteiger partial charge in [0.05, 0.1) is 19.8 Å². The fourth-order valence-corrected chi connectivity index (χ4v) is 2.66. The van der Waals surface area contributed by atoms with Crippen molar-refractivity contribution in [3.8, 4) is 5.75 Å². The summed E-state index contributed by atoms with van der Waals surface area (Å²) in [7, 11) is 3.71. The second-order valence-electron chi connectivity index (χ2n) is 5.48. The number of methoxy groups -OCH3 is 1. The van der Waals surface area contributed by atoms with E-state index in [1.807, 2.05) is 23.1 Å². The first-order valence-electron chi connectivity index (χ1n) is 7.18. The van der Waals surface area contributed by atoms with E-state index in [4.69, 9.17) is 9.15 Å². The summed E-state index contributed by atoms with van der Waals surface area (Å²) in [6.07, 6.45) is 2.07. The molecule has 1 fully saturated rings. The van der Waals surface area contributed by atoms with E-state index in [0.717, 1.165) is 48.5 Å². The lowest BCUT2D eigenvalue weighted by Gasteiger charge is -2.32. The molecule has 0 spiro atoms. The van der Waals surface area contributed by atoms with Crippen LogP contribution in [0, 0.1) is 0 Å². The van der Waals surface area contributed by atoms with E-state index in [-0.39, 0.29) is 5.91 Å². The topological polar surface area (TPSA) is 45.9 Å². The Labute approximate surface area is 124 Å². The van der Waals surface area contributed by atoms with Crippen molar-refractivity contribution < 1.29 is 13.9 Å². The number of benzene rings is 1. The van der Waals surface area contributed by atoms with E-state index in [0.29, 0.717) is 6.42 Å². The molecule has 0 radical (unpaired) electrons. The van der Waals surface area contributed by atoms with Crippen LogP contribution >= 0.6 is 0 Å². The zero-order valence-corrected chi connectivity index (χ0v) is 12.5. The molecule has 2 heterocycles. The summed E-state index contributed by atoms with van der Waals surface area (Å²) in [5.41, 5.74) is 1.70. The summed E-state index contributed by atoms with van der Waals surface area (Å²) in [6, 6.07) is 5.69. The lowest BCUT2D eigenvalue weighted by Crippen LogP contribution is -2.47. The number of hydrogen-bond acceptors (Lipinski definition) is 4. The molecular weight excluding hydrogens is 268 g/mol. The van der Waals surface area contributed by atoms with E-state index < -0.39 is 0 Å². The fraction of sp³-hybridized carbons (Fsp3) is 0.438. The van der Waals surface area contributed by atoms with E-state index >= 15 is 0 Å². The molecule has 0 saturated carbocycles. The van der Waals surface area contributed by atoms with Crippen molar-refractivity contribution in [2.24, 2.45) is 0 Å². The molecule has 3 rings (SSSR count). The number of rotatable bonds is 3. The largest absolute Gasteiger partial charge is 0.497 e. The van der Waals surface area contributed by atoms with Gasteiger partial charge in [-0.3, -0.25) is 4.79 Å². The van der Waals surface area contributed by atoms with E-state index in [2.05, 4.69) is 11.9 Å². The summed E-state index contributed by atoms with van der Waals surface area (Å²) in [5.74, 6) is 0.926. The van der Waals surface area contributed by atoms with Crippen molar-refractivity contribution in [2.45, 2.75) is 6.42 Å². The zero-order valence-electron chi connectivity index (χ0n) is 12.5. The minimum absolute atomic E-state index is 0.168. The lowest BCUT2D eigenvalue weighted by atomic mass is 10.1. The van der Waals surface area contributed by atoms with Crippen molar-refractivity contribution in [1.29, 1.82) is 0 Å². The van der Waals surface area contributed by atoms with Gasteiger partial charge in [-0.05, 0) is 19.2 Å². The van der Waals surface area contributed by atoms with Crippen LogP contribution in [0.25, 0.3) is 11.0 Å². The lowest BCUT2D eigenvalue weighted by molar-refractivity contribution is -0.132.